The van der Waals surface area contributed by atoms with Crippen molar-refractivity contribution < 1.29 is 19.1 Å². The fraction of sp³-hybridized carbons (Fsp3) is 0.267. The van der Waals surface area contributed by atoms with E-state index in [4.69, 9.17) is 23.2 Å². The number of nitrogens with zero attached hydrogens (tertiary/aromatic N) is 6. The van der Waals surface area contributed by atoms with Gasteiger partial charge >= 0.3 is 5.97 Å². The van der Waals surface area contributed by atoms with Gasteiger partial charge in [-0.3, -0.25) is 9.59 Å². The minimum atomic E-state index is -1.34. The van der Waals surface area contributed by atoms with Crippen LogP contribution in [0.1, 0.15) is 34.8 Å². The summed E-state index contributed by atoms with van der Waals surface area (Å²) in [6.07, 6.45) is 3.05. The molecular formula is C30H23Cl2FN6O4S. The van der Waals surface area contributed by atoms with Gasteiger partial charge in [-0.25, -0.2) is 19.2 Å². The molecule has 4 aromatic rings. The number of fused-ring (bicyclic) bond motifs is 1. The van der Waals surface area contributed by atoms with Crippen LogP contribution in [0.2, 0.25) is 10.2 Å². The van der Waals surface area contributed by atoms with Crippen molar-refractivity contribution in [3.8, 4) is 17.3 Å². The summed E-state index contributed by atoms with van der Waals surface area (Å²) in [5, 5.41) is 19.8. The molecule has 1 saturated carbocycles. The van der Waals surface area contributed by atoms with Gasteiger partial charge in [0.15, 0.2) is 10.3 Å². The van der Waals surface area contributed by atoms with Crippen LogP contribution in [0.3, 0.4) is 0 Å². The molecule has 10 nitrogen and oxygen atoms in total. The first-order chi connectivity index (χ1) is 21.1. The van der Waals surface area contributed by atoms with E-state index in [1.165, 1.54) is 6.20 Å². The molecule has 0 unspecified atom stereocenters. The van der Waals surface area contributed by atoms with Crippen molar-refractivity contribution in [2.24, 2.45) is 0 Å². The standard InChI is InChI=1S/C30H23Cl2FN6O4S/c31-17-3-1-2-16(10-17)26-20(13-34)28(32)36-30(35-26)44-15-25(40)38-8-6-37(7-9-38)24-12-23-19(11-22(24)33)27(41)21(29(42)43)14-39(23)18-4-5-18/h1-3,10-12,14,18H,4-9,15H2,(H,42,43). The predicted molar refractivity (Wildman–Crippen MR) is 165 cm³/mol. The highest BCUT2D eigenvalue weighted by molar-refractivity contribution is 7.99. The highest BCUT2D eigenvalue weighted by Crippen LogP contribution is 2.38. The van der Waals surface area contributed by atoms with E-state index in [1.54, 1.807) is 39.8 Å². The van der Waals surface area contributed by atoms with Gasteiger partial charge in [-0.2, -0.15) is 5.26 Å². The number of anilines is 1. The van der Waals surface area contributed by atoms with Gasteiger partial charge in [0.1, 0.15) is 23.0 Å². The van der Waals surface area contributed by atoms with Gasteiger partial charge in [0, 0.05) is 54.4 Å². The van der Waals surface area contributed by atoms with Gasteiger partial charge in [-0.1, -0.05) is 47.1 Å². The number of carbonyl (C=O) groups excluding carboxylic acids is 1. The number of carbonyl (C=O) groups is 2. The van der Waals surface area contributed by atoms with E-state index in [1.807, 2.05) is 11.0 Å². The Bertz CT molecular complexity index is 1940. The second kappa shape index (κ2) is 12.1. The number of amides is 1. The molecule has 2 aromatic carbocycles. The van der Waals surface area contributed by atoms with Gasteiger partial charge in [-0.15, -0.1) is 0 Å². The van der Waals surface area contributed by atoms with Crippen LogP contribution in [-0.4, -0.2) is 68.3 Å². The summed E-state index contributed by atoms with van der Waals surface area (Å²) in [5.74, 6) is -2.10. The minimum absolute atomic E-state index is 0.0234. The fourth-order valence-electron chi connectivity index (χ4n) is 5.24. The van der Waals surface area contributed by atoms with Crippen molar-refractivity contribution in [3.63, 3.8) is 0 Å². The van der Waals surface area contributed by atoms with Crippen molar-refractivity contribution >= 4 is 63.4 Å². The summed E-state index contributed by atoms with van der Waals surface area (Å²) >= 11 is 13.5. The summed E-state index contributed by atoms with van der Waals surface area (Å²) in [6, 6.07) is 11.7. The average Bonchev–Trinajstić information content (AvgIpc) is 3.85. The molecule has 14 heteroatoms. The van der Waals surface area contributed by atoms with Gasteiger partial charge in [0.25, 0.3) is 0 Å². The molecule has 1 N–H and O–H groups in total. The monoisotopic (exact) mass is 652 g/mol. The number of carboxylic acids is 1. The van der Waals surface area contributed by atoms with Crippen LogP contribution < -0.4 is 10.3 Å². The van der Waals surface area contributed by atoms with Crippen LogP contribution in [-0.2, 0) is 4.79 Å². The second-order valence-corrected chi connectivity index (χ2v) is 12.2. The average molecular weight is 654 g/mol. The highest BCUT2D eigenvalue weighted by Gasteiger charge is 2.29. The van der Waals surface area contributed by atoms with Crippen LogP contribution >= 0.6 is 35.0 Å². The zero-order valence-electron chi connectivity index (χ0n) is 23.0. The number of benzene rings is 2. The molecule has 0 radical (unpaired) electrons. The van der Waals surface area contributed by atoms with Gasteiger partial charge in [0.05, 0.1) is 22.7 Å². The second-order valence-electron chi connectivity index (χ2n) is 10.4. The lowest BCUT2D eigenvalue weighted by atomic mass is 10.1. The number of hydrogen-bond donors (Lipinski definition) is 1. The van der Waals surface area contributed by atoms with E-state index in [0.29, 0.717) is 53.7 Å². The fourth-order valence-corrected chi connectivity index (χ4v) is 6.44. The maximum Gasteiger partial charge on any atom is 0.341 e. The van der Waals surface area contributed by atoms with Crippen molar-refractivity contribution in [2.75, 3.05) is 36.8 Å². The number of piperazine rings is 1. The Morgan fingerprint density at radius 1 is 1.11 bits per heavy atom. The van der Waals surface area contributed by atoms with E-state index >= 15 is 4.39 Å². The summed E-state index contributed by atoms with van der Waals surface area (Å²) in [7, 11) is 0. The van der Waals surface area contributed by atoms with Crippen molar-refractivity contribution in [2.45, 2.75) is 24.0 Å². The number of rotatable bonds is 7. The molecule has 1 amide bonds. The summed E-state index contributed by atoms with van der Waals surface area (Å²) in [6.45, 7) is 1.40. The Hall–Kier alpha value is -4.18. The Labute approximate surface area is 264 Å². The molecule has 44 heavy (non-hydrogen) atoms. The normalized spacial score (nSPS) is 15.0. The van der Waals surface area contributed by atoms with Crippen molar-refractivity contribution in [1.82, 2.24) is 19.4 Å². The SMILES string of the molecule is N#Cc1c(Cl)nc(SCC(=O)N2CCN(c3cc4c(cc3F)c(=O)c(C(=O)O)cn4C3CC3)CC2)nc1-c1cccc(Cl)c1. The molecule has 3 heterocycles. The van der Waals surface area contributed by atoms with Gasteiger partial charge < -0.3 is 19.5 Å². The number of aromatic nitrogens is 3. The van der Waals surface area contributed by atoms with E-state index in [-0.39, 0.29) is 44.5 Å². The summed E-state index contributed by atoms with van der Waals surface area (Å²) in [5.41, 5.74) is 0.725. The Morgan fingerprint density at radius 3 is 2.52 bits per heavy atom. The van der Waals surface area contributed by atoms with Gasteiger partial charge in [0.2, 0.25) is 11.3 Å². The maximum atomic E-state index is 15.3. The number of carboxylic acid groups (broad SMARTS) is 1. The zero-order chi connectivity index (χ0) is 31.1. The van der Waals surface area contributed by atoms with E-state index in [9.17, 15) is 24.8 Å². The van der Waals surface area contributed by atoms with Crippen LogP contribution in [0.4, 0.5) is 10.1 Å². The quantitative estimate of drug-likeness (QED) is 0.161. The first-order valence-electron chi connectivity index (χ1n) is 13.7. The lowest BCUT2D eigenvalue weighted by Crippen LogP contribution is -2.49. The molecule has 2 fully saturated rings. The highest BCUT2D eigenvalue weighted by atomic mass is 35.5. The number of nitriles is 1. The molecule has 0 atom stereocenters. The van der Waals surface area contributed by atoms with Crippen LogP contribution in [0.25, 0.3) is 22.2 Å². The zero-order valence-corrected chi connectivity index (χ0v) is 25.3. The number of aromatic carboxylic acids is 1. The number of hydrogen-bond acceptors (Lipinski definition) is 8. The predicted octanol–water partition coefficient (Wildman–Crippen LogP) is 5.25. The number of pyridine rings is 1. The molecule has 1 aliphatic heterocycles. The van der Waals surface area contributed by atoms with Crippen LogP contribution in [0, 0.1) is 17.1 Å². The minimum Gasteiger partial charge on any atom is -0.477 e. The van der Waals surface area contributed by atoms with Crippen molar-refractivity contribution in [1.29, 1.82) is 5.26 Å². The maximum absolute atomic E-state index is 15.3. The molecular weight excluding hydrogens is 630 g/mol. The van der Waals surface area contributed by atoms with E-state index in [2.05, 4.69) is 9.97 Å². The van der Waals surface area contributed by atoms with Crippen LogP contribution in [0.5, 0.6) is 0 Å². The number of thioether (sulfide) groups is 1. The Balaban J connectivity index is 1.15. The van der Waals surface area contributed by atoms with E-state index < -0.39 is 17.2 Å². The molecule has 1 aliphatic carbocycles. The smallest absolute Gasteiger partial charge is 0.341 e. The molecule has 224 valence electrons. The number of halogens is 3. The Morgan fingerprint density at radius 2 is 1.86 bits per heavy atom. The largest absolute Gasteiger partial charge is 0.477 e. The third-order valence-electron chi connectivity index (χ3n) is 7.62. The molecule has 6 rings (SSSR count). The third kappa shape index (κ3) is 5.83. The summed E-state index contributed by atoms with van der Waals surface area (Å²) < 4.78 is 17.1. The topological polar surface area (TPSA) is 132 Å². The van der Waals surface area contributed by atoms with Gasteiger partial charge in [-0.05, 0) is 37.1 Å². The lowest BCUT2D eigenvalue weighted by molar-refractivity contribution is -0.128. The molecule has 0 bridgehead atoms. The Kier molecular flexibility index (Phi) is 8.20. The summed E-state index contributed by atoms with van der Waals surface area (Å²) in [4.78, 5) is 49.6. The third-order valence-corrected chi connectivity index (χ3v) is 8.96. The first kappa shape index (κ1) is 29.9. The van der Waals surface area contributed by atoms with E-state index in [0.717, 1.165) is 30.7 Å². The first-order valence-corrected chi connectivity index (χ1v) is 15.4. The molecule has 2 aliphatic rings. The van der Waals surface area contributed by atoms with Crippen LogP contribution in [0.15, 0.2) is 52.5 Å². The van der Waals surface area contributed by atoms with Crippen molar-refractivity contribution in [3.05, 3.63) is 79.9 Å². The molecule has 0 spiro atoms. The molecule has 1 saturated heterocycles. The lowest BCUT2D eigenvalue weighted by Gasteiger charge is -2.36. The molecule has 2 aromatic heterocycles.